The Labute approximate surface area is 182 Å². The quantitative estimate of drug-likeness (QED) is 0.678. The number of sulfone groups is 1. The lowest BCUT2D eigenvalue weighted by atomic mass is 10.2. The molecule has 0 radical (unpaired) electrons. The second-order valence-electron chi connectivity index (χ2n) is 6.68. The van der Waals surface area contributed by atoms with E-state index in [1.54, 1.807) is 48.5 Å². The van der Waals surface area contributed by atoms with Crippen LogP contribution in [0.4, 0.5) is 5.69 Å². The van der Waals surface area contributed by atoms with Gasteiger partial charge in [0.1, 0.15) is 5.75 Å². The summed E-state index contributed by atoms with van der Waals surface area (Å²) in [7, 11) is -3.12. The van der Waals surface area contributed by atoms with Crippen molar-refractivity contribution < 1.29 is 17.9 Å². The molecular weight excluding hydrogens is 455 g/mol. The van der Waals surface area contributed by atoms with Crippen molar-refractivity contribution in [3.63, 3.8) is 0 Å². The van der Waals surface area contributed by atoms with E-state index in [2.05, 4.69) is 4.99 Å². The van der Waals surface area contributed by atoms with Gasteiger partial charge in [-0.3, -0.25) is 4.79 Å². The van der Waals surface area contributed by atoms with Crippen LogP contribution in [0.3, 0.4) is 0 Å². The van der Waals surface area contributed by atoms with Gasteiger partial charge in [0.2, 0.25) is 0 Å². The maximum Gasteiger partial charge on any atom is 0.285 e. The van der Waals surface area contributed by atoms with Gasteiger partial charge in [-0.25, -0.2) is 8.42 Å². The Hall–Kier alpha value is -1.74. The first-order valence-corrected chi connectivity index (χ1v) is 12.2. The molecule has 0 N–H and O–H groups in total. The van der Waals surface area contributed by atoms with Gasteiger partial charge in [-0.05, 0) is 48.5 Å². The number of amidine groups is 1. The van der Waals surface area contributed by atoms with E-state index in [-0.39, 0.29) is 29.4 Å². The van der Waals surface area contributed by atoms with E-state index < -0.39 is 15.7 Å². The maximum atomic E-state index is 12.4. The molecule has 0 aromatic heterocycles. The molecule has 152 valence electrons. The zero-order valence-electron chi connectivity index (χ0n) is 15.0. The predicted octanol–water partition coefficient (Wildman–Crippen LogP) is 3.67. The summed E-state index contributed by atoms with van der Waals surface area (Å²) < 4.78 is 29.6. The average Bonchev–Trinajstić information content (AvgIpc) is 3.13. The molecule has 2 saturated heterocycles. The lowest BCUT2D eigenvalue weighted by molar-refractivity contribution is -0.119. The molecule has 2 aromatic carbocycles. The lowest BCUT2D eigenvalue weighted by Crippen LogP contribution is -2.37. The molecule has 2 fully saturated rings. The summed E-state index contributed by atoms with van der Waals surface area (Å²) in [4.78, 5) is 18.4. The van der Waals surface area contributed by atoms with Crippen molar-refractivity contribution in [1.29, 1.82) is 0 Å². The smallest absolute Gasteiger partial charge is 0.285 e. The Bertz CT molecular complexity index is 1060. The summed E-state index contributed by atoms with van der Waals surface area (Å²) in [5, 5.41) is 1.45. The molecule has 2 heterocycles. The molecule has 1 amide bonds. The Morgan fingerprint density at radius 2 is 1.69 bits per heavy atom. The van der Waals surface area contributed by atoms with E-state index >= 15 is 0 Å². The number of carbonyl (C=O) groups is 1. The Kier molecular flexibility index (Phi) is 5.79. The third kappa shape index (κ3) is 4.71. The summed E-state index contributed by atoms with van der Waals surface area (Å²) >= 11 is 13.1. The van der Waals surface area contributed by atoms with Crippen LogP contribution in [-0.2, 0) is 14.6 Å². The van der Waals surface area contributed by atoms with Gasteiger partial charge in [-0.2, -0.15) is 4.99 Å². The first kappa shape index (κ1) is 20.5. The molecule has 2 aliphatic heterocycles. The number of anilines is 1. The molecule has 0 aliphatic carbocycles. The Morgan fingerprint density at radius 1 is 1.07 bits per heavy atom. The minimum atomic E-state index is -3.12. The zero-order chi connectivity index (χ0) is 20.6. The lowest BCUT2D eigenvalue weighted by Gasteiger charge is -2.24. The molecule has 0 saturated carbocycles. The number of ether oxygens (including phenoxy) is 1. The van der Waals surface area contributed by atoms with Gasteiger partial charge >= 0.3 is 0 Å². The molecule has 0 unspecified atom stereocenters. The van der Waals surface area contributed by atoms with Crippen molar-refractivity contribution in [3.8, 4) is 5.75 Å². The van der Waals surface area contributed by atoms with Gasteiger partial charge in [0.05, 0.1) is 17.5 Å². The number of hydrogen-bond acceptors (Lipinski definition) is 5. The van der Waals surface area contributed by atoms with E-state index in [0.29, 0.717) is 21.0 Å². The number of carbonyl (C=O) groups excluding carboxylic acids is 1. The molecular formula is C19H16Cl2N2O4S2. The van der Waals surface area contributed by atoms with Crippen molar-refractivity contribution >= 4 is 61.6 Å². The SMILES string of the molecule is O=C(COc1ccc(Cl)cc1)N=C1S[C@@H]2CS(=O)(=O)C[C@@H]2N1c1ccc(Cl)cc1. The molecule has 2 aliphatic rings. The van der Waals surface area contributed by atoms with Crippen LogP contribution in [0, 0.1) is 0 Å². The van der Waals surface area contributed by atoms with E-state index in [1.807, 2.05) is 4.90 Å². The second kappa shape index (κ2) is 8.18. The first-order chi connectivity index (χ1) is 13.8. The van der Waals surface area contributed by atoms with Gasteiger partial charge in [0.15, 0.2) is 21.6 Å². The molecule has 4 rings (SSSR count). The predicted molar refractivity (Wildman–Crippen MR) is 117 cm³/mol. The highest BCUT2D eigenvalue weighted by molar-refractivity contribution is 8.16. The number of thioether (sulfide) groups is 1. The van der Waals surface area contributed by atoms with E-state index in [0.717, 1.165) is 5.69 Å². The first-order valence-electron chi connectivity index (χ1n) is 8.72. The molecule has 0 spiro atoms. The summed E-state index contributed by atoms with van der Waals surface area (Å²) in [5.74, 6) is 0.159. The van der Waals surface area contributed by atoms with Gasteiger partial charge in [0.25, 0.3) is 5.91 Å². The number of benzene rings is 2. The number of halogens is 2. The van der Waals surface area contributed by atoms with Crippen molar-refractivity contribution in [2.45, 2.75) is 11.3 Å². The summed E-state index contributed by atoms with van der Waals surface area (Å²) in [6.45, 7) is -0.228. The largest absolute Gasteiger partial charge is 0.484 e. The highest BCUT2D eigenvalue weighted by Crippen LogP contribution is 2.41. The highest BCUT2D eigenvalue weighted by Gasteiger charge is 2.49. The molecule has 29 heavy (non-hydrogen) atoms. The number of aliphatic imine (C=N–C) groups is 1. The molecule has 10 heteroatoms. The van der Waals surface area contributed by atoms with Crippen molar-refractivity contribution in [3.05, 3.63) is 58.6 Å². The zero-order valence-corrected chi connectivity index (χ0v) is 18.1. The van der Waals surface area contributed by atoms with Crippen molar-refractivity contribution in [1.82, 2.24) is 0 Å². The third-order valence-electron chi connectivity index (χ3n) is 4.57. The minimum absolute atomic E-state index is 0.0295. The fourth-order valence-electron chi connectivity index (χ4n) is 3.28. The number of hydrogen-bond donors (Lipinski definition) is 0. The number of fused-ring (bicyclic) bond motifs is 1. The van der Waals surface area contributed by atoms with Crippen LogP contribution in [0.5, 0.6) is 5.75 Å². The Balaban J connectivity index is 1.54. The van der Waals surface area contributed by atoms with Crippen molar-refractivity contribution in [2.75, 3.05) is 23.0 Å². The van der Waals surface area contributed by atoms with E-state index in [9.17, 15) is 13.2 Å². The topological polar surface area (TPSA) is 76.0 Å². The molecule has 0 bridgehead atoms. The van der Waals surface area contributed by atoms with Gasteiger partial charge in [-0.1, -0.05) is 35.0 Å². The number of rotatable bonds is 4. The summed E-state index contributed by atoms with van der Waals surface area (Å²) in [6.07, 6.45) is 0. The van der Waals surface area contributed by atoms with Gasteiger partial charge < -0.3 is 9.64 Å². The van der Waals surface area contributed by atoms with Gasteiger partial charge in [0, 0.05) is 21.0 Å². The standard InChI is InChI=1S/C19H16Cl2N2O4S2/c20-12-1-5-14(6-2-12)23-16-10-29(25,26)11-17(16)28-19(23)22-18(24)9-27-15-7-3-13(21)4-8-15/h1-8,16-17H,9-11H2/t16-,17+/m0/s1. The van der Waals surface area contributed by atoms with Crippen molar-refractivity contribution in [2.24, 2.45) is 4.99 Å². The van der Waals surface area contributed by atoms with Crippen LogP contribution in [0.15, 0.2) is 53.5 Å². The van der Waals surface area contributed by atoms with Crippen LogP contribution in [0.1, 0.15) is 0 Å². The fourth-order valence-corrected chi connectivity index (χ4v) is 7.47. The van der Waals surface area contributed by atoms with Crippen LogP contribution in [0.2, 0.25) is 10.0 Å². The van der Waals surface area contributed by atoms with E-state index in [4.69, 9.17) is 27.9 Å². The fraction of sp³-hybridized carbons (Fsp3) is 0.263. The normalized spacial score (nSPS) is 23.9. The molecule has 6 nitrogen and oxygen atoms in total. The number of amides is 1. The van der Waals surface area contributed by atoms with Gasteiger partial charge in [-0.15, -0.1) is 0 Å². The maximum absolute atomic E-state index is 12.4. The summed E-state index contributed by atoms with van der Waals surface area (Å²) in [6, 6.07) is 13.4. The van der Waals surface area contributed by atoms with Crippen LogP contribution < -0.4 is 9.64 Å². The second-order valence-corrected chi connectivity index (χ2v) is 10.9. The average molecular weight is 471 g/mol. The molecule has 2 atom stereocenters. The molecule has 2 aromatic rings. The van der Waals surface area contributed by atoms with Crippen LogP contribution in [0.25, 0.3) is 0 Å². The van der Waals surface area contributed by atoms with Crippen LogP contribution in [-0.4, -0.2) is 48.9 Å². The highest BCUT2D eigenvalue weighted by atomic mass is 35.5. The minimum Gasteiger partial charge on any atom is -0.484 e. The Morgan fingerprint density at radius 3 is 2.34 bits per heavy atom. The monoisotopic (exact) mass is 470 g/mol. The third-order valence-corrected chi connectivity index (χ3v) is 8.28. The van der Waals surface area contributed by atoms with Crippen LogP contribution >= 0.6 is 35.0 Å². The summed E-state index contributed by atoms with van der Waals surface area (Å²) in [5.41, 5.74) is 0.747. The number of nitrogens with zero attached hydrogens (tertiary/aromatic N) is 2. The van der Waals surface area contributed by atoms with E-state index in [1.165, 1.54) is 11.8 Å².